The van der Waals surface area contributed by atoms with Crippen LogP contribution >= 0.6 is 0 Å². The molecule has 3 aromatic rings. The van der Waals surface area contributed by atoms with E-state index in [1.54, 1.807) is 77.1 Å². The number of amides is 3. The number of methoxy groups -OCH3 is 1. The van der Waals surface area contributed by atoms with Gasteiger partial charge in [-0.3, -0.25) is 9.59 Å². The number of aromatic nitrogens is 2. The van der Waals surface area contributed by atoms with Crippen LogP contribution in [0.5, 0.6) is 11.5 Å². The number of hydrogen-bond donors (Lipinski definition) is 5. The molecule has 0 spiro atoms. The third-order valence-corrected chi connectivity index (χ3v) is 7.20. The Morgan fingerprint density at radius 1 is 0.880 bits per heavy atom. The Labute approximate surface area is 292 Å². The Bertz CT molecular complexity index is 1600. The van der Waals surface area contributed by atoms with Gasteiger partial charge in [-0.2, -0.15) is 0 Å². The van der Waals surface area contributed by atoms with Crippen molar-refractivity contribution in [3.8, 4) is 11.5 Å². The first-order valence-corrected chi connectivity index (χ1v) is 16.5. The summed E-state index contributed by atoms with van der Waals surface area (Å²) < 4.78 is 15.8. The van der Waals surface area contributed by atoms with Crippen molar-refractivity contribution in [3.05, 3.63) is 76.6 Å². The van der Waals surface area contributed by atoms with E-state index in [4.69, 9.17) is 14.2 Å². The first kappa shape index (κ1) is 39.0. The molecule has 50 heavy (non-hydrogen) atoms. The Hall–Kier alpha value is -5.40. The van der Waals surface area contributed by atoms with E-state index in [0.717, 1.165) is 18.4 Å². The molecule has 1 aromatic heterocycles. The van der Waals surface area contributed by atoms with Crippen LogP contribution < -0.4 is 26.0 Å². The van der Waals surface area contributed by atoms with Crippen molar-refractivity contribution >= 4 is 29.8 Å². The highest BCUT2D eigenvalue weighted by atomic mass is 16.6. The third kappa shape index (κ3) is 13.2. The summed E-state index contributed by atoms with van der Waals surface area (Å²) in [5.41, 5.74) is 1.90. The van der Waals surface area contributed by atoms with Gasteiger partial charge in [0.15, 0.2) is 0 Å². The molecule has 0 saturated carbocycles. The smallest absolute Gasteiger partial charge is 0.407 e. The Morgan fingerprint density at radius 2 is 1.60 bits per heavy atom. The second kappa shape index (κ2) is 19.0. The molecule has 0 bridgehead atoms. The van der Waals surface area contributed by atoms with E-state index < -0.39 is 29.6 Å². The maximum absolute atomic E-state index is 13.3. The molecule has 0 aliphatic heterocycles. The lowest BCUT2D eigenvalue weighted by Gasteiger charge is -2.19. The van der Waals surface area contributed by atoms with Gasteiger partial charge < -0.3 is 40.6 Å². The number of rotatable bonds is 17. The predicted octanol–water partition coefficient (Wildman–Crippen LogP) is 4.23. The van der Waals surface area contributed by atoms with Crippen LogP contribution in [0.1, 0.15) is 77.7 Å². The van der Waals surface area contributed by atoms with Crippen LogP contribution in [0.15, 0.2) is 48.5 Å². The van der Waals surface area contributed by atoms with E-state index in [0.29, 0.717) is 54.8 Å². The van der Waals surface area contributed by atoms with Gasteiger partial charge in [-0.25, -0.2) is 19.6 Å². The van der Waals surface area contributed by atoms with Crippen molar-refractivity contribution in [1.29, 1.82) is 0 Å². The second-order valence-corrected chi connectivity index (χ2v) is 12.5. The number of nitrogens with zero attached hydrogens (tertiary/aromatic N) is 2. The fraction of sp³-hybridized carbons (Fsp3) is 0.444. The quantitative estimate of drug-likeness (QED) is 0.101. The van der Waals surface area contributed by atoms with E-state index in [2.05, 4.69) is 31.2 Å². The lowest BCUT2D eigenvalue weighted by Crippen LogP contribution is -2.44. The molecule has 0 aliphatic carbocycles. The van der Waals surface area contributed by atoms with E-state index in [1.165, 1.54) is 7.11 Å². The number of esters is 1. The van der Waals surface area contributed by atoms with Gasteiger partial charge in [-0.05, 0) is 96.2 Å². The van der Waals surface area contributed by atoms with Gasteiger partial charge in [0, 0.05) is 25.2 Å². The molecule has 0 saturated heterocycles. The van der Waals surface area contributed by atoms with Gasteiger partial charge in [0.1, 0.15) is 23.1 Å². The lowest BCUT2D eigenvalue weighted by atomic mass is 10.1. The largest absolute Gasteiger partial charge is 0.508 e. The third-order valence-electron chi connectivity index (χ3n) is 7.20. The van der Waals surface area contributed by atoms with Crippen molar-refractivity contribution in [2.45, 2.75) is 71.9 Å². The number of aromatic hydroxyl groups is 1. The summed E-state index contributed by atoms with van der Waals surface area (Å²) in [7, 11) is 1.22. The van der Waals surface area contributed by atoms with E-state index in [-0.39, 0.29) is 30.2 Å². The fourth-order valence-corrected chi connectivity index (χ4v) is 4.88. The molecule has 3 amide bonds. The van der Waals surface area contributed by atoms with Gasteiger partial charge in [-0.1, -0.05) is 18.2 Å². The number of benzene rings is 2. The number of phenols is 1. The summed E-state index contributed by atoms with van der Waals surface area (Å²) in [5.74, 6) is -0.497. The fourth-order valence-electron chi connectivity index (χ4n) is 4.88. The molecule has 3 rings (SSSR count). The summed E-state index contributed by atoms with van der Waals surface area (Å²) in [6.45, 7) is 10.1. The van der Waals surface area contributed by atoms with Crippen molar-refractivity contribution in [2.75, 3.05) is 38.7 Å². The Morgan fingerprint density at radius 3 is 2.28 bits per heavy atom. The minimum absolute atomic E-state index is 0.0697. The normalized spacial score (nSPS) is 11.6. The summed E-state index contributed by atoms with van der Waals surface area (Å²) in [6.07, 6.45) is 1.64. The molecule has 14 heteroatoms. The molecular weight excluding hydrogens is 644 g/mol. The molecule has 0 unspecified atom stereocenters. The number of carbonyl (C=O) groups is 4. The van der Waals surface area contributed by atoms with E-state index in [9.17, 15) is 24.3 Å². The van der Waals surface area contributed by atoms with Gasteiger partial charge in [0.2, 0.25) is 5.95 Å². The Balaban J connectivity index is 1.48. The number of phenolic OH excluding ortho intramolecular Hbond substituents is 1. The minimum Gasteiger partial charge on any atom is -0.508 e. The monoisotopic (exact) mass is 692 g/mol. The topological polar surface area (TPSA) is 190 Å². The highest BCUT2D eigenvalue weighted by Crippen LogP contribution is 2.16. The first-order chi connectivity index (χ1) is 23.8. The summed E-state index contributed by atoms with van der Waals surface area (Å²) in [5, 5.41) is 20.9. The maximum atomic E-state index is 13.3. The van der Waals surface area contributed by atoms with Crippen LogP contribution in [0.25, 0.3) is 0 Å². The van der Waals surface area contributed by atoms with E-state index >= 15 is 0 Å². The van der Waals surface area contributed by atoms with Gasteiger partial charge >= 0.3 is 12.1 Å². The number of alkyl carbamates (subject to hydrolysis) is 1. The Kier molecular flexibility index (Phi) is 14.8. The zero-order valence-electron chi connectivity index (χ0n) is 29.6. The number of nitrogens with one attached hydrogen (secondary N) is 4. The number of aryl methyl sites for hydroxylation is 3. The number of ether oxygens (including phenoxy) is 3. The average molecular weight is 693 g/mol. The summed E-state index contributed by atoms with van der Waals surface area (Å²) in [4.78, 5) is 59.3. The summed E-state index contributed by atoms with van der Waals surface area (Å²) >= 11 is 0. The average Bonchev–Trinajstić information content (AvgIpc) is 3.04. The van der Waals surface area contributed by atoms with Crippen molar-refractivity contribution in [3.63, 3.8) is 0 Å². The molecule has 14 nitrogen and oxygen atoms in total. The number of hydrogen-bond acceptors (Lipinski definition) is 11. The zero-order valence-corrected chi connectivity index (χ0v) is 29.6. The van der Waals surface area contributed by atoms with Gasteiger partial charge in [0.05, 0.1) is 30.7 Å². The highest BCUT2D eigenvalue weighted by molar-refractivity contribution is 5.98. The minimum atomic E-state index is -1.04. The molecule has 5 N–H and O–H groups in total. The molecule has 0 radical (unpaired) electrons. The van der Waals surface area contributed by atoms with Crippen LogP contribution in [0.4, 0.5) is 10.7 Å². The van der Waals surface area contributed by atoms with Crippen molar-refractivity contribution < 1.29 is 38.5 Å². The highest BCUT2D eigenvalue weighted by Gasteiger charge is 2.25. The van der Waals surface area contributed by atoms with Crippen molar-refractivity contribution in [1.82, 2.24) is 25.9 Å². The lowest BCUT2D eigenvalue weighted by molar-refractivity contribution is -0.143. The van der Waals surface area contributed by atoms with Gasteiger partial charge in [0.25, 0.3) is 11.8 Å². The van der Waals surface area contributed by atoms with Crippen LogP contribution in [-0.4, -0.2) is 83.9 Å². The standard InChI is InChI=1S/C36H48N6O8/c1-23-30(24(2)41-34(40-23)38-17-9-12-25-11-7-14-27(43)21-25)32(45)42-29(33(46)48-6)16-19-37-31(44)26-13-8-15-28(22-26)49-20-10-18-39-35(47)50-36(3,4)5/h7-8,11,13-15,21-22,29,43H,9-10,12,16-20H2,1-6H3,(H,37,44)(H,39,47)(H,42,45)(H,38,40,41)/t29-/m0/s1. The maximum Gasteiger partial charge on any atom is 0.407 e. The number of carbonyl (C=O) groups excluding carboxylic acids is 4. The summed E-state index contributed by atoms with van der Waals surface area (Å²) in [6, 6.07) is 12.7. The van der Waals surface area contributed by atoms with Crippen LogP contribution in [0, 0.1) is 13.8 Å². The first-order valence-electron chi connectivity index (χ1n) is 16.5. The van der Waals surface area contributed by atoms with Crippen LogP contribution in [-0.2, 0) is 20.7 Å². The predicted molar refractivity (Wildman–Crippen MR) is 187 cm³/mol. The van der Waals surface area contributed by atoms with Crippen LogP contribution in [0.2, 0.25) is 0 Å². The molecule has 2 aromatic carbocycles. The molecule has 0 fully saturated rings. The molecule has 1 atom stereocenters. The molecule has 0 aliphatic rings. The molecular formula is C36H48N6O8. The van der Waals surface area contributed by atoms with Crippen molar-refractivity contribution in [2.24, 2.45) is 0 Å². The van der Waals surface area contributed by atoms with Crippen LogP contribution in [0.3, 0.4) is 0 Å². The van der Waals surface area contributed by atoms with E-state index in [1.807, 2.05) is 6.07 Å². The zero-order chi connectivity index (χ0) is 36.7. The SMILES string of the molecule is COC(=O)[C@H](CCNC(=O)c1cccc(OCCCNC(=O)OC(C)(C)C)c1)NC(=O)c1c(C)nc(NCCCc2cccc(O)c2)nc1C. The van der Waals surface area contributed by atoms with Gasteiger partial charge in [-0.15, -0.1) is 0 Å². The second-order valence-electron chi connectivity index (χ2n) is 12.5. The number of anilines is 1. The molecule has 1 heterocycles. The molecule has 270 valence electrons.